The molecule has 0 aliphatic heterocycles. The summed E-state index contributed by atoms with van der Waals surface area (Å²) in [6.07, 6.45) is 5.45. The SMILES string of the molecule is Cc1cc(Nc2cc(C)[nH]n2)nc(C2CC(C(=O)N[C@@H](C)c3ccc(-n4cc(F)cn4)nc3)C2)n1. The van der Waals surface area contributed by atoms with E-state index in [-0.39, 0.29) is 23.8 Å². The molecule has 0 aromatic carbocycles. The van der Waals surface area contributed by atoms with Crippen molar-refractivity contribution < 1.29 is 9.18 Å². The van der Waals surface area contributed by atoms with Crippen LogP contribution in [-0.4, -0.2) is 40.8 Å². The molecule has 0 unspecified atom stereocenters. The van der Waals surface area contributed by atoms with Gasteiger partial charge in [0.1, 0.15) is 11.6 Å². The Bertz CT molecular complexity index is 1340. The molecule has 35 heavy (non-hydrogen) atoms. The lowest BCUT2D eigenvalue weighted by molar-refractivity contribution is -0.128. The molecule has 0 bridgehead atoms. The zero-order chi connectivity index (χ0) is 24.5. The Hall–Kier alpha value is -4.15. The highest BCUT2D eigenvalue weighted by atomic mass is 19.1. The van der Waals surface area contributed by atoms with Crippen molar-refractivity contribution in [2.75, 3.05) is 5.32 Å². The van der Waals surface area contributed by atoms with E-state index in [0.717, 1.165) is 29.0 Å². The molecular weight excluding hydrogens is 449 g/mol. The molecule has 3 N–H and O–H groups in total. The second-order valence-corrected chi connectivity index (χ2v) is 8.96. The summed E-state index contributed by atoms with van der Waals surface area (Å²) in [5.74, 6) is 2.27. The van der Waals surface area contributed by atoms with Crippen LogP contribution in [0.1, 0.15) is 54.5 Å². The normalized spacial score (nSPS) is 18.1. The zero-order valence-electron chi connectivity index (χ0n) is 19.7. The third-order valence-corrected chi connectivity index (χ3v) is 6.12. The molecule has 4 aromatic rings. The van der Waals surface area contributed by atoms with Gasteiger partial charge in [0.15, 0.2) is 17.5 Å². The second kappa shape index (κ2) is 9.24. The number of carbonyl (C=O) groups excluding carboxylic acids is 1. The second-order valence-electron chi connectivity index (χ2n) is 8.96. The van der Waals surface area contributed by atoms with Crippen LogP contribution in [-0.2, 0) is 4.79 Å². The number of aryl methyl sites for hydroxylation is 2. The fourth-order valence-corrected chi connectivity index (χ4v) is 4.12. The molecule has 180 valence electrons. The van der Waals surface area contributed by atoms with Gasteiger partial charge in [-0.1, -0.05) is 6.07 Å². The molecule has 10 nitrogen and oxygen atoms in total. The third kappa shape index (κ3) is 5.03. The first-order chi connectivity index (χ1) is 16.8. The number of pyridine rings is 1. The summed E-state index contributed by atoms with van der Waals surface area (Å²) in [5.41, 5.74) is 2.68. The first-order valence-electron chi connectivity index (χ1n) is 11.5. The molecule has 1 atom stereocenters. The van der Waals surface area contributed by atoms with Gasteiger partial charge in [-0.15, -0.1) is 0 Å². The molecule has 4 aromatic heterocycles. The summed E-state index contributed by atoms with van der Waals surface area (Å²) in [6.45, 7) is 5.78. The Morgan fingerprint density at radius 1 is 1.17 bits per heavy atom. The lowest BCUT2D eigenvalue weighted by Crippen LogP contribution is -2.39. The van der Waals surface area contributed by atoms with Gasteiger partial charge < -0.3 is 10.6 Å². The minimum atomic E-state index is -0.424. The van der Waals surface area contributed by atoms with Crippen LogP contribution in [0.5, 0.6) is 0 Å². The Morgan fingerprint density at radius 3 is 2.66 bits per heavy atom. The molecule has 1 amide bonds. The van der Waals surface area contributed by atoms with Crippen molar-refractivity contribution >= 4 is 17.5 Å². The molecule has 1 aliphatic carbocycles. The van der Waals surface area contributed by atoms with Gasteiger partial charge in [-0.25, -0.2) is 24.0 Å². The maximum atomic E-state index is 13.2. The minimum Gasteiger partial charge on any atom is -0.349 e. The summed E-state index contributed by atoms with van der Waals surface area (Å²) < 4.78 is 14.5. The van der Waals surface area contributed by atoms with E-state index in [4.69, 9.17) is 0 Å². The Kier molecular flexibility index (Phi) is 5.98. The van der Waals surface area contributed by atoms with Gasteiger partial charge in [0.25, 0.3) is 0 Å². The fraction of sp³-hybridized carbons (Fsp3) is 0.333. The number of anilines is 2. The highest BCUT2D eigenvalue weighted by Crippen LogP contribution is 2.41. The average Bonchev–Trinajstić information content (AvgIpc) is 3.40. The Morgan fingerprint density at radius 2 is 2.00 bits per heavy atom. The largest absolute Gasteiger partial charge is 0.349 e. The molecule has 1 fully saturated rings. The van der Waals surface area contributed by atoms with Gasteiger partial charge in [0.05, 0.1) is 18.4 Å². The van der Waals surface area contributed by atoms with Crippen molar-refractivity contribution in [3.63, 3.8) is 0 Å². The van der Waals surface area contributed by atoms with Gasteiger partial charge in [0.2, 0.25) is 5.91 Å². The quantitative estimate of drug-likeness (QED) is 0.372. The first-order valence-corrected chi connectivity index (χ1v) is 11.5. The van der Waals surface area contributed by atoms with Crippen LogP contribution in [0.2, 0.25) is 0 Å². The van der Waals surface area contributed by atoms with Gasteiger partial charge in [0, 0.05) is 41.6 Å². The fourth-order valence-electron chi connectivity index (χ4n) is 4.12. The number of nitrogens with one attached hydrogen (secondary N) is 3. The number of amides is 1. The molecule has 0 saturated heterocycles. The standard InChI is InChI=1S/C24H26FN9O/c1-13-6-20(30-21-7-14(2)32-33-21)31-23(28-13)17-8-18(9-17)24(35)29-15(3)16-4-5-22(26-10-16)34-12-19(25)11-27-34/h4-7,10-12,15,17-18H,8-9H2,1-3H3,(H,29,35)(H2,28,30,31,32,33)/t15-,17?,18?/m0/s1. The third-order valence-electron chi connectivity index (χ3n) is 6.12. The molecule has 1 aliphatic rings. The van der Waals surface area contributed by atoms with E-state index in [0.29, 0.717) is 30.3 Å². The molecule has 4 heterocycles. The van der Waals surface area contributed by atoms with Gasteiger partial charge >= 0.3 is 0 Å². The average molecular weight is 476 g/mol. The molecule has 5 rings (SSSR count). The predicted molar refractivity (Wildman–Crippen MR) is 127 cm³/mol. The highest BCUT2D eigenvalue weighted by molar-refractivity contribution is 5.80. The van der Waals surface area contributed by atoms with Crippen LogP contribution >= 0.6 is 0 Å². The lowest BCUT2D eigenvalue weighted by atomic mass is 9.73. The van der Waals surface area contributed by atoms with E-state index in [2.05, 4.69) is 40.9 Å². The summed E-state index contributed by atoms with van der Waals surface area (Å²) in [6, 6.07) is 7.17. The van der Waals surface area contributed by atoms with E-state index >= 15 is 0 Å². The van der Waals surface area contributed by atoms with Gasteiger partial charge in [-0.05, 0) is 45.2 Å². The maximum Gasteiger partial charge on any atom is 0.223 e. The number of aromatic nitrogens is 7. The number of nitrogens with zero attached hydrogens (tertiary/aromatic N) is 6. The van der Waals surface area contributed by atoms with Gasteiger partial charge in [-0.3, -0.25) is 9.89 Å². The predicted octanol–water partition coefficient (Wildman–Crippen LogP) is 3.65. The van der Waals surface area contributed by atoms with Crippen molar-refractivity contribution in [2.24, 2.45) is 5.92 Å². The smallest absolute Gasteiger partial charge is 0.223 e. The van der Waals surface area contributed by atoms with Crippen LogP contribution in [0.25, 0.3) is 5.82 Å². The Labute approximate surface area is 201 Å². The topological polar surface area (TPSA) is 126 Å². The van der Waals surface area contributed by atoms with Gasteiger partial charge in [-0.2, -0.15) is 10.2 Å². The van der Waals surface area contributed by atoms with Crippen LogP contribution in [0.4, 0.5) is 16.0 Å². The highest BCUT2D eigenvalue weighted by Gasteiger charge is 2.37. The molecule has 11 heteroatoms. The number of carbonyl (C=O) groups is 1. The van der Waals surface area contributed by atoms with Crippen molar-refractivity contribution in [3.05, 3.63) is 71.4 Å². The van der Waals surface area contributed by atoms with Crippen LogP contribution in [0, 0.1) is 25.6 Å². The zero-order valence-corrected chi connectivity index (χ0v) is 19.7. The molecular formula is C24H26FN9O. The number of halogens is 1. The monoisotopic (exact) mass is 475 g/mol. The van der Waals surface area contributed by atoms with E-state index in [9.17, 15) is 9.18 Å². The molecule has 0 radical (unpaired) electrons. The van der Waals surface area contributed by atoms with E-state index in [1.165, 1.54) is 10.9 Å². The summed E-state index contributed by atoms with van der Waals surface area (Å²) >= 11 is 0. The summed E-state index contributed by atoms with van der Waals surface area (Å²) in [7, 11) is 0. The van der Waals surface area contributed by atoms with E-state index < -0.39 is 5.82 Å². The van der Waals surface area contributed by atoms with E-state index in [1.807, 2.05) is 39.0 Å². The summed E-state index contributed by atoms with van der Waals surface area (Å²) in [5, 5.41) is 17.3. The molecule has 0 spiro atoms. The Balaban J connectivity index is 1.16. The van der Waals surface area contributed by atoms with Crippen molar-refractivity contribution in [1.29, 1.82) is 0 Å². The number of hydrogen-bond acceptors (Lipinski definition) is 7. The van der Waals surface area contributed by atoms with Crippen LogP contribution in [0.3, 0.4) is 0 Å². The number of hydrogen-bond donors (Lipinski definition) is 3. The lowest BCUT2D eigenvalue weighted by Gasteiger charge is -2.34. The first kappa shape index (κ1) is 22.6. The van der Waals surface area contributed by atoms with Crippen LogP contribution in [0.15, 0.2) is 42.9 Å². The summed E-state index contributed by atoms with van der Waals surface area (Å²) in [4.78, 5) is 26.4. The van der Waals surface area contributed by atoms with Crippen molar-refractivity contribution in [1.82, 2.24) is 40.2 Å². The minimum absolute atomic E-state index is 0.00460. The van der Waals surface area contributed by atoms with Crippen LogP contribution < -0.4 is 10.6 Å². The van der Waals surface area contributed by atoms with E-state index in [1.54, 1.807) is 12.3 Å². The number of rotatable bonds is 7. The van der Waals surface area contributed by atoms with Crippen molar-refractivity contribution in [3.8, 4) is 5.82 Å². The number of H-pyrrole nitrogens is 1. The molecule has 1 saturated carbocycles. The number of aromatic amines is 1. The van der Waals surface area contributed by atoms with Crippen molar-refractivity contribution in [2.45, 2.75) is 45.6 Å². The maximum absolute atomic E-state index is 13.2.